The zero-order chi connectivity index (χ0) is 12.9. The van der Waals surface area contributed by atoms with Gasteiger partial charge in [0.25, 0.3) is 10.2 Å². The monoisotopic (exact) mass is 256 g/mol. The SMILES string of the molecule is CNS(=O)(=O)Nc1cccc(/C=C/C(=O)O)c1. The highest BCUT2D eigenvalue weighted by molar-refractivity contribution is 7.90. The largest absolute Gasteiger partial charge is 0.478 e. The summed E-state index contributed by atoms with van der Waals surface area (Å²) in [6, 6.07) is 6.37. The van der Waals surface area contributed by atoms with E-state index in [9.17, 15) is 13.2 Å². The second-order valence-corrected chi connectivity index (χ2v) is 4.73. The molecule has 1 aromatic rings. The van der Waals surface area contributed by atoms with Crippen molar-refractivity contribution in [2.24, 2.45) is 0 Å². The molecule has 0 saturated carbocycles. The molecule has 3 N–H and O–H groups in total. The summed E-state index contributed by atoms with van der Waals surface area (Å²) in [6.07, 6.45) is 2.35. The first-order valence-electron chi connectivity index (χ1n) is 4.65. The predicted molar refractivity (Wildman–Crippen MR) is 64.7 cm³/mol. The fourth-order valence-corrected chi connectivity index (χ4v) is 1.62. The van der Waals surface area contributed by atoms with Crippen LogP contribution >= 0.6 is 0 Å². The smallest absolute Gasteiger partial charge is 0.328 e. The predicted octanol–water partition coefficient (Wildman–Crippen LogP) is 0.660. The van der Waals surface area contributed by atoms with Crippen molar-refractivity contribution in [3.63, 3.8) is 0 Å². The fourth-order valence-electron chi connectivity index (χ4n) is 1.08. The number of aliphatic carboxylic acids is 1. The van der Waals surface area contributed by atoms with Crippen molar-refractivity contribution < 1.29 is 18.3 Å². The first-order valence-corrected chi connectivity index (χ1v) is 6.13. The Hall–Kier alpha value is -1.86. The van der Waals surface area contributed by atoms with Crippen LogP contribution in [0.25, 0.3) is 6.08 Å². The molecule has 7 heteroatoms. The van der Waals surface area contributed by atoms with Crippen LogP contribution < -0.4 is 9.44 Å². The molecule has 1 rings (SSSR count). The summed E-state index contributed by atoms with van der Waals surface area (Å²) in [5, 5.41) is 8.46. The molecule has 0 atom stereocenters. The average molecular weight is 256 g/mol. The molecule has 92 valence electrons. The minimum atomic E-state index is -3.56. The number of hydrogen-bond acceptors (Lipinski definition) is 3. The van der Waals surface area contributed by atoms with E-state index < -0.39 is 16.2 Å². The third kappa shape index (κ3) is 4.66. The molecule has 0 saturated heterocycles. The number of rotatable bonds is 5. The Bertz CT molecular complexity index is 537. The third-order valence-corrected chi connectivity index (χ3v) is 2.87. The number of carbonyl (C=O) groups is 1. The Morgan fingerprint density at radius 2 is 2.12 bits per heavy atom. The van der Waals surface area contributed by atoms with Gasteiger partial charge in [0.05, 0.1) is 5.69 Å². The molecule has 0 unspecified atom stereocenters. The van der Waals surface area contributed by atoms with Gasteiger partial charge in [0.2, 0.25) is 0 Å². The van der Waals surface area contributed by atoms with Crippen molar-refractivity contribution in [1.29, 1.82) is 0 Å². The van der Waals surface area contributed by atoms with E-state index in [1.54, 1.807) is 18.2 Å². The lowest BCUT2D eigenvalue weighted by Crippen LogP contribution is -2.26. The van der Waals surface area contributed by atoms with Crippen LogP contribution in [0, 0.1) is 0 Å². The average Bonchev–Trinajstić information content (AvgIpc) is 2.26. The van der Waals surface area contributed by atoms with Crippen LogP contribution in [0.2, 0.25) is 0 Å². The lowest BCUT2D eigenvalue weighted by molar-refractivity contribution is -0.131. The number of benzene rings is 1. The van der Waals surface area contributed by atoms with Gasteiger partial charge in [0.1, 0.15) is 0 Å². The van der Waals surface area contributed by atoms with Gasteiger partial charge in [-0.3, -0.25) is 4.72 Å². The highest BCUT2D eigenvalue weighted by atomic mass is 32.2. The van der Waals surface area contributed by atoms with Crippen LogP contribution in [0.1, 0.15) is 5.56 Å². The number of nitrogens with one attached hydrogen (secondary N) is 2. The van der Waals surface area contributed by atoms with Crippen molar-refractivity contribution in [3.05, 3.63) is 35.9 Å². The third-order valence-electron chi connectivity index (χ3n) is 1.83. The quantitative estimate of drug-likeness (QED) is 0.674. The topological polar surface area (TPSA) is 95.5 Å². The first-order chi connectivity index (χ1) is 7.93. The summed E-state index contributed by atoms with van der Waals surface area (Å²) < 4.78 is 26.8. The molecule has 0 aliphatic rings. The number of anilines is 1. The summed E-state index contributed by atoms with van der Waals surface area (Å²) in [5.74, 6) is -1.06. The molecule has 0 aliphatic carbocycles. The van der Waals surface area contributed by atoms with Crippen molar-refractivity contribution in [3.8, 4) is 0 Å². The van der Waals surface area contributed by atoms with Crippen molar-refractivity contribution in [2.45, 2.75) is 0 Å². The summed E-state index contributed by atoms with van der Waals surface area (Å²) in [4.78, 5) is 10.3. The molecule has 0 radical (unpaired) electrons. The molecule has 0 amide bonds. The molecule has 0 aromatic heterocycles. The Labute approximate surface area is 99.2 Å². The normalized spacial score (nSPS) is 11.6. The number of carboxylic acids is 1. The van der Waals surface area contributed by atoms with E-state index >= 15 is 0 Å². The molecular weight excluding hydrogens is 244 g/mol. The van der Waals surface area contributed by atoms with E-state index in [2.05, 4.69) is 9.44 Å². The van der Waals surface area contributed by atoms with Crippen LogP contribution in [0.3, 0.4) is 0 Å². The zero-order valence-corrected chi connectivity index (χ0v) is 9.86. The molecule has 0 spiro atoms. The molecule has 6 nitrogen and oxygen atoms in total. The molecule has 0 bridgehead atoms. The van der Waals surface area contributed by atoms with Gasteiger partial charge in [-0.15, -0.1) is 0 Å². The minimum absolute atomic E-state index is 0.354. The summed E-state index contributed by atoms with van der Waals surface area (Å²) in [7, 11) is -2.27. The van der Waals surface area contributed by atoms with E-state index in [4.69, 9.17) is 5.11 Å². The van der Waals surface area contributed by atoms with Gasteiger partial charge in [0, 0.05) is 13.1 Å². The highest BCUT2D eigenvalue weighted by Gasteiger charge is 2.05. The van der Waals surface area contributed by atoms with Gasteiger partial charge in [0.15, 0.2) is 0 Å². The van der Waals surface area contributed by atoms with E-state index in [0.29, 0.717) is 11.3 Å². The van der Waals surface area contributed by atoms with Crippen molar-refractivity contribution in [1.82, 2.24) is 4.72 Å². The van der Waals surface area contributed by atoms with Gasteiger partial charge in [-0.2, -0.15) is 8.42 Å². The number of carboxylic acid groups (broad SMARTS) is 1. The van der Waals surface area contributed by atoms with Crippen LogP contribution in [0.15, 0.2) is 30.3 Å². The lowest BCUT2D eigenvalue weighted by atomic mass is 10.2. The second kappa shape index (κ2) is 5.46. The van der Waals surface area contributed by atoms with Gasteiger partial charge >= 0.3 is 5.97 Å². The summed E-state index contributed by atoms with van der Waals surface area (Å²) in [5.41, 5.74) is 0.940. The standard InChI is InChI=1S/C10H12N2O4S/c1-11-17(15,16)12-9-4-2-3-8(7-9)5-6-10(13)14/h2-7,11-12H,1H3,(H,13,14)/b6-5+. The van der Waals surface area contributed by atoms with Crippen molar-refractivity contribution >= 4 is 27.9 Å². The van der Waals surface area contributed by atoms with E-state index in [-0.39, 0.29) is 0 Å². The van der Waals surface area contributed by atoms with Crippen LogP contribution in [-0.2, 0) is 15.0 Å². The second-order valence-electron chi connectivity index (χ2n) is 3.11. The Morgan fingerprint density at radius 3 is 2.71 bits per heavy atom. The van der Waals surface area contributed by atoms with E-state index in [0.717, 1.165) is 6.08 Å². The summed E-state index contributed by atoms with van der Waals surface area (Å²) in [6.45, 7) is 0. The lowest BCUT2D eigenvalue weighted by Gasteiger charge is -2.06. The highest BCUT2D eigenvalue weighted by Crippen LogP contribution is 2.12. The Morgan fingerprint density at radius 1 is 1.41 bits per heavy atom. The van der Waals surface area contributed by atoms with E-state index in [1.165, 1.54) is 19.2 Å². The maximum Gasteiger partial charge on any atom is 0.328 e. The molecule has 0 fully saturated rings. The van der Waals surface area contributed by atoms with Gasteiger partial charge < -0.3 is 5.11 Å². The molecule has 17 heavy (non-hydrogen) atoms. The molecule has 0 heterocycles. The molecule has 1 aromatic carbocycles. The maximum atomic E-state index is 11.2. The summed E-state index contributed by atoms with van der Waals surface area (Å²) >= 11 is 0. The van der Waals surface area contributed by atoms with Gasteiger partial charge in [-0.1, -0.05) is 12.1 Å². The van der Waals surface area contributed by atoms with Gasteiger partial charge in [-0.25, -0.2) is 9.52 Å². The Kier molecular flexibility index (Phi) is 4.24. The van der Waals surface area contributed by atoms with Crippen molar-refractivity contribution in [2.75, 3.05) is 11.8 Å². The van der Waals surface area contributed by atoms with Crippen LogP contribution in [0.4, 0.5) is 5.69 Å². The van der Waals surface area contributed by atoms with Crippen LogP contribution in [-0.4, -0.2) is 26.5 Å². The van der Waals surface area contributed by atoms with Crippen LogP contribution in [0.5, 0.6) is 0 Å². The Balaban J connectivity index is 2.90. The minimum Gasteiger partial charge on any atom is -0.478 e. The molecule has 0 aliphatic heterocycles. The van der Waals surface area contributed by atoms with E-state index in [1.807, 2.05) is 0 Å². The maximum absolute atomic E-state index is 11.2. The number of hydrogen-bond donors (Lipinski definition) is 3. The zero-order valence-electron chi connectivity index (χ0n) is 9.04. The first kappa shape index (κ1) is 13.2. The molecular formula is C10H12N2O4S. The fraction of sp³-hybridized carbons (Fsp3) is 0.100. The van der Waals surface area contributed by atoms with Gasteiger partial charge in [-0.05, 0) is 23.8 Å².